The predicted octanol–water partition coefficient (Wildman–Crippen LogP) is 18.1. The predicted molar refractivity (Wildman–Crippen MR) is 327 cm³/mol. The van der Waals surface area contributed by atoms with E-state index >= 15 is 0 Å². The van der Waals surface area contributed by atoms with Crippen molar-refractivity contribution in [3.63, 3.8) is 0 Å². The molecule has 4 fully saturated rings. The minimum Gasteiger partial charge on any atom is -0.208 e. The topological polar surface area (TPSA) is 77.3 Å². The first-order chi connectivity index (χ1) is 39.8. The molecule has 0 aliphatic heterocycles. The summed E-state index contributed by atoms with van der Waals surface area (Å²) < 4.78 is 0. The van der Waals surface area contributed by atoms with E-state index in [2.05, 4.69) is 214 Å². The highest BCUT2D eigenvalue weighted by Gasteiger charge is 2.61. The molecule has 0 saturated heterocycles. The molecule has 0 unspecified atom stereocenters. The summed E-state index contributed by atoms with van der Waals surface area (Å²) in [4.78, 5) is 32.6. The van der Waals surface area contributed by atoms with Gasteiger partial charge >= 0.3 is 0 Å². The normalized spacial score (nSPS) is 20.4. The molecule has 81 heavy (non-hydrogen) atoms. The number of rotatable bonds is 7. The molecule has 6 aliphatic carbocycles. The number of hydrogen-bond acceptors (Lipinski definition) is 6. The van der Waals surface area contributed by atoms with Crippen molar-refractivity contribution in [3.05, 3.63) is 241 Å². The van der Waals surface area contributed by atoms with Gasteiger partial charge in [0.25, 0.3) is 0 Å². The van der Waals surface area contributed by atoms with Crippen molar-refractivity contribution < 1.29 is 0 Å². The van der Waals surface area contributed by atoms with E-state index < -0.39 is 0 Å². The van der Waals surface area contributed by atoms with Gasteiger partial charge in [-0.2, -0.15) is 0 Å². The fourth-order valence-corrected chi connectivity index (χ4v) is 16.1. The van der Waals surface area contributed by atoms with Gasteiger partial charge in [-0.25, -0.2) is 29.9 Å². The van der Waals surface area contributed by atoms with Crippen LogP contribution in [0.5, 0.6) is 0 Å². The third-order valence-electron chi connectivity index (χ3n) is 19.5. The van der Waals surface area contributed by atoms with Crippen LogP contribution in [0.2, 0.25) is 0 Å². The van der Waals surface area contributed by atoms with Crippen molar-refractivity contribution in [2.45, 2.75) is 56.8 Å². The van der Waals surface area contributed by atoms with E-state index in [-0.39, 0.29) is 10.8 Å². The van der Waals surface area contributed by atoms with Crippen LogP contribution in [0, 0.1) is 23.7 Å². The minimum atomic E-state index is -0.138. The monoisotopic (exact) mass is 1040 g/mol. The van der Waals surface area contributed by atoms with Crippen molar-refractivity contribution in [2.24, 2.45) is 23.7 Å². The number of hydrogen-bond donors (Lipinski definition) is 0. The van der Waals surface area contributed by atoms with Crippen molar-refractivity contribution in [1.82, 2.24) is 29.9 Å². The van der Waals surface area contributed by atoms with Gasteiger partial charge in [0.2, 0.25) is 0 Å². The van der Waals surface area contributed by atoms with Gasteiger partial charge in [0.05, 0.1) is 0 Å². The Morgan fingerprint density at radius 1 is 0.284 bits per heavy atom. The Labute approximate surface area is 471 Å². The zero-order valence-corrected chi connectivity index (χ0v) is 45.3. The average molecular weight is 1040 g/mol. The van der Waals surface area contributed by atoms with E-state index in [9.17, 15) is 0 Å². The maximum Gasteiger partial charge on any atom is 0.164 e. The van der Waals surface area contributed by atoms with E-state index in [1.165, 1.54) is 71.0 Å². The van der Waals surface area contributed by atoms with E-state index in [1.807, 2.05) is 18.2 Å². The largest absolute Gasteiger partial charge is 0.208 e. The lowest BCUT2D eigenvalue weighted by Crippen LogP contribution is -2.55. The van der Waals surface area contributed by atoms with Gasteiger partial charge < -0.3 is 0 Å². The summed E-state index contributed by atoms with van der Waals surface area (Å²) in [6, 6.07) is 79.2. The molecule has 6 nitrogen and oxygen atoms in total. The molecule has 0 radical (unpaired) electrons. The fraction of sp³-hybridized carbons (Fsp3) is 0.173. The summed E-state index contributed by atoms with van der Waals surface area (Å²) in [5, 5.41) is 4.50. The lowest BCUT2D eigenvalue weighted by Gasteiger charge is -2.61. The van der Waals surface area contributed by atoms with E-state index in [0.29, 0.717) is 46.8 Å². The summed E-state index contributed by atoms with van der Waals surface area (Å²) in [5.41, 5.74) is 18.5. The first-order valence-corrected chi connectivity index (χ1v) is 29.0. The Morgan fingerprint density at radius 3 is 1.51 bits per heavy atom. The highest BCUT2D eigenvalue weighted by molar-refractivity contribution is 5.96. The average Bonchev–Trinajstić information content (AvgIpc) is 2.86. The molecule has 2 heterocycles. The summed E-state index contributed by atoms with van der Waals surface area (Å²) in [6.07, 6.45) is 6.70. The fourth-order valence-electron chi connectivity index (χ4n) is 16.1. The molecule has 2 aromatic heterocycles. The molecule has 4 saturated carbocycles. The van der Waals surface area contributed by atoms with E-state index in [0.717, 1.165) is 77.9 Å². The van der Waals surface area contributed by atoms with Crippen LogP contribution < -0.4 is 0 Å². The van der Waals surface area contributed by atoms with Crippen LogP contribution in [0.1, 0.15) is 68.2 Å². The molecular formula is C75H56N6. The van der Waals surface area contributed by atoms with Crippen molar-refractivity contribution in [3.8, 4) is 102 Å². The smallest absolute Gasteiger partial charge is 0.164 e. The molecule has 0 N–H and O–H groups in total. The van der Waals surface area contributed by atoms with Crippen LogP contribution in [0.3, 0.4) is 0 Å². The summed E-state index contributed by atoms with van der Waals surface area (Å²) in [5.74, 6) is 6.57. The SMILES string of the molecule is CC1(C)c2ccccc2-c2cc(-c3nc(-c4cc(-c5ccc6c(c5)C5(c7ccccc7-6)C6CC7CC(C6)CC5C7)cc(-c5nc(-c6ccccc6)nc(-c6cccc7ccccc67)n5)c4)nc(-c4ccc5ccccc5c4)n3)ccc21. The Morgan fingerprint density at radius 2 is 0.778 bits per heavy atom. The molecule has 6 aliphatic rings. The third kappa shape index (κ3) is 7.18. The van der Waals surface area contributed by atoms with Gasteiger partial charge in [-0.05, 0) is 169 Å². The molecule has 0 atom stereocenters. The second-order valence-corrected chi connectivity index (χ2v) is 24.3. The van der Waals surface area contributed by atoms with Gasteiger partial charge in [0.1, 0.15) is 0 Å². The second kappa shape index (κ2) is 17.6. The van der Waals surface area contributed by atoms with E-state index in [1.54, 1.807) is 5.56 Å². The lowest BCUT2D eigenvalue weighted by molar-refractivity contribution is -0.0399. The van der Waals surface area contributed by atoms with Crippen LogP contribution in [-0.2, 0) is 10.8 Å². The molecular weight excluding hydrogens is 985 g/mol. The van der Waals surface area contributed by atoms with Crippen LogP contribution in [0.25, 0.3) is 123 Å². The first-order valence-electron chi connectivity index (χ1n) is 29.0. The zero-order chi connectivity index (χ0) is 53.6. The molecule has 1 spiro atoms. The highest BCUT2D eigenvalue weighted by Crippen LogP contribution is 2.69. The summed E-state index contributed by atoms with van der Waals surface area (Å²) in [7, 11) is 0. The van der Waals surface area contributed by atoms with E-state index in [4.69, 9.17) is 29.9 Å². The zero-order valence-electron chi connectivity index (χ0n) is 45.3. The lowest BCUT2D eigenvalue weighted by atomic mass is 9.43. The molecule has 12 aromatic rings. The molecule has 10 aromatic carbocycles. The summed E-state index contributed by atoms with van der Waals surface area (Å²) >= 11 is 0. The highest BCUT2D eigenvalue weighted by atomic mass is 15.0. The first kappa shape index (κ1) is 46.6. The number of nitrogens with zero attached hydrogens (tertiary/aromatic N) is 6. The second-order valence-electron chi connectivity index (χ2n) is 24.3. The maximum absolute atomic E-state index is 5.54. The van der Waals surface area contributed by atoms with Crippen LogP contribution in [0.4, 0.5) is 0 Å². The molecule has 18 rings (SSSR count). The molecule has 4 bridgehead atoms. The van der Waals surface area contributed by atoms with Gasteiger partial charge in [-0.1, -0.05) is 196 Å². The maximum atomic E-state index is 5.54. The van der Waals surface area contributed by atoms with Crippen molar-refractivity contribution in [1.29, 1.82) is 0 Å². The quantitative estimate of drug-likeness (QED) is 0.158. The minimum absolute atomic E-state index is 0.00537. The Balaban J connectivity index is 0.908. The van der Waals surface area contributed by atoms with Crippen LogP contribution >= 0.6 is 0 Å². The van der Waals surface area contributed by atoms with Gasteiger partial charge in [0, 0.05) is 44.2 Å². The standard InChI is InChI=1S/C75H56N6/c1-74(2)64-25-12-10-23-60(64)63-42-52(30-32-65(63)74)70-77-69(51-28-27-46-15-6-7-19-49(46)38-51)78-71(79-70)54-39-53(50-29-31-61-59-22-11-13-26-66(59)75(67(61)43-50)56-34-44-33-45(36-56)37-57(75)35-44)40-55(41-54)72-76-68(48-17-4-3-5-18-48)80-73(81-72)62-24-14-20-47-16-8-9-21-58(47)62/h3-32,38-45,56-57H,33-37H2,1-2H3. The van der Waals surface area contributed by atoms with Gasteiger partial charge in [0.15, 0.2) is 34.9 Å². The van der Waals surface area contributed by atoms with Crippen LogP contribution in [0.15, 0.2) is 218 Å². The number of aromatic nitrogens is 6. The molecule has 6 heteroatoms. The van der Waals surface area contributed by atoms with Crippen molar-refractivity contribution >= 4 is 21.5 Å². The Kier molecular flexibility index (Phi) is 10.1. The molecule has 0 amide bonds. The Hall–Kier alpha value is -9.26. The Bertz CT molecular complexity index is 4560. The number of fused-ring (bicyclic) bond motifs is 8. The van der Waals surface area contributed by atoms with Gasteiger partial charge in [-0.3, -0.25) is 0 Å². The van der Waals surface area contributed by atoms with Crippen molar-refractivity contribution in [2.75, 3.05) is 0 Å². The summed E-state index contributed by atoms with van der Waals surface area (Å²) in [6.45, 7) is 4.65. The van der Waals surface area contributed by atoms with Crippen LogP contribution in [-0.4, -0.2) is 29.9 Å². The molecule has 386 valence electrons. The third-order valence-corrected chi connectivity index (χ3v) is 19.5. The van der Waals surface area contributed by atoms with Gasteiger partial charge in [-0.15, -0.1) is 0 Å². The number of benzene rings is 10.